The van der Waals surface area contributed by atoms with Crippen molar-refractivity contribution in [3.8, 4) is 23.1 Å². The van der Waals surface area contributed by atoms with Crippen LogP contribution in [-0.2, 0) is 0 Å². The summed E-state index contributed by atoms with van der Waals surface area (Å²) in [4.78, 5) is 8.28. The van der Waals surface area contributed by atoms with Gasteiger partial charge >= 0.3 is 6.01 Å². The number of fused-ring (bicyclic) bond motifs is 1. The highest BCUT2D eigenvalue weighted by atomic mass is 35.5. The molecule has 0 aliphatic carbocycles. The molecule has 0 radical (unpaired) electrons. The van der Waals surface area contributed by atoms with E-state index in [2.05, 4.69) is 34.0 Å². The van der Waals surface area contributed by atoms with Gasteiger partial charge in [-0.05, 0) is 19.9 Å². The Morgan fingerprint density at radius 2 is 1.96 bits per heavy atom. The lowest BCUT2D eigenvalue weighted by atomic mass is 10.2. The molecule has 0 spiro atoms. The molecular formula is C15H16ClN5O2. The average molecular weight is 334 g/mol. The van der Waals surface area contributed by atoms with E-state index in [4.69, 9.17) is 21.1 Å². The molecule has 0 N–H and O–H groups in total. The Bertz CT molecular complexity index is 862. The van der Waals surface area contributed by atoms with Crippen LogP contribution in [0.15, 0.2) is 18.5 Å². The predicted octanol–water partition coefficient (Wildman–Crippen LogP) is 3.14. The van der Waals surface area contributed by atoms with Crippen molar-refractivity contribution in [3.63, 3.8) is 0 Å². The summed E-state index contributed by atoms with van der Waals surface area (Å²) in [6.45, 7) is 4.15. The molecule has 3 aromatic rings. The molecule has 0 atom stereocenters. The minimum Gasteiger partial charge on any atom is -0.480 e. The van der Waals surface area contributed by atoms with E-state index in [1.54, 1.807) is 6.20 Å². The first kappa shape index (κ1) is 15.5. The van der Waals surface area contributed by atoms with Gasteiger partial charge in [-0.2, -0.15) is 4.98 Å². The van der Waals surface area contributed by atoms with Gasteiger partial charge in [0.05, 0.1) is 30.3 Å². The Kier molecular flexibility index (Phi) is 4.04. The van der Waals surface area contributed by atoms with E-state index in [0.717, 1.165) is 5.52 Å². The van der Waals surface area contributed by atoms with Crippen LogP contribution in [-0.4, -0.2) is 39.0 Å². The van der Waals surface area contributed by atoms with Crippen molar-refractivity contribution < 1.29 is 9.47 Å². The van der Waals surface area contributed by atoms with Crippen molar-refractivity contribution in [2.45, 2.75) is 19.9 Å². The van der Waals surface area contributed by atoms with E-state index in [1.807, 2.05) is 16.8 Å². The van der Waals surface area contributed by atoms with Gasteiger partial charge in [0, 0.05) is 18.4 Å². The Morgan fingerprint density at radius 3 is 2.61 bits per heavy atom. The molecule has 0 aromatic carbocycles. The molecule has 120 valence electrons. The van der Waals surface area contributed by atoms with Crippen LogP contribution in [0.25, 0.3) is 22.3 Å². The summed E-state index contributed by atoms with van der Waals surface area (Å²) in [6.07, 6.45) is 3.46. The van der Waals surface area contributed by atoms with E-state index in [-0.39, 0.29) is 12.1 Å². The third-order valence-corrected chi connectivity index (χ3v) is 3.75. The fourth-order valence-corrected chi connectivity index (χ4v) is 2.58. The molecule has 8 heteroatoms. The summed E-state index contributed by atoms with van der Waals surface area (Å²) in [7, 11) is 3.03. The fourth-order valence-electron chi connectivity index (χ4n) is 2.34. The van der Waals surface area contributed by atoms with Crippen LogP contribution in [0.3, 0.4) is 0 Å². The largest absolute Gasteiger partial charge is 0.480 e. The first-order valence-corrected chi connectivity index (χ1v) is 7.42. The summed E-state index contributed by atoms with van der Waals surface area (Å²) in [5.74, 6) is 0.374. The van der Waals surface area contributed by atoms with Gasteiger partial charge in [0.2, 0.25) is 5.88 Å². The van der Waals surface area contributed by atoms with Gasteiger partial charge in [0.25, 0.3) is 0 Å². The highest BCUT2D eigenvalue weighted by Gasteiger charge is 2.16. The van der Waals surface area contributed by atoms with E-state index in [9.17, 15) is 0 Å². The van der Waals surface area contributed by atoms with Gasteiger partial charge in [0.15, 0.2) is 0 Å². The maximum atomic E-state index is 6.23. The van der Waals surface area contributed by atoms with Crippen LogP contribution in [0.4, 0.5) is 0 Å². The summed E-state index contributed by atoms with van der Waals surface area (Å²) in [5, 5.41) is 9.03. The number of hydrogen-bond acceptors (Lipinski definition) is 6. The maximum absolute atomic E-state index is 6.23. The number of nitrogens with zero attached hydrogens (tertiary/aromatic N) is 5. The van der Waals surface area contributed by atoms with Crippen molar-refractivity contribution in [2.75, 3.05) is 14.2 Å². The summed E-state index contributed by atoms with van der Waals surface area (Å²) in [6, 6.07) is 2.38. The Balaban J connectivity index is 2.19. The molecule has 0 fully saturated rings. The smallest absolute Gasteiger partial charge is 0.319 e. The number of aromatic nitrogens is 5. The summed E-state index contributed by atoms with van der Waals surface area (Å²) < 4.78 is 12.4. The first-order chi connectivity index (χ1) is 11.0. The van der Waals surface area contributed by atoms with Gasteiger partial charge < -0.3 is 14.0 Å². The van der Waals surface area contributed by atoms with Crippen LogP contribution in [0.5, 0.6) is 11.9 Å². The molecule has 0 unspecified atom stereocenters. The molecule has 0 saturated carbocycles. The lowest BCUT2D eigenvalue weighted by molar-refractivity contribution is 0.353. The standard InChI is InChI=1S/C15H16ClN5O2/c1-8(2)21-7-10(16)13-12(21)5-11(19-20-13)9-6-17-15(23-4)18-14(9)22-3/h5-8H,1-4H3. The zero-order valence-corrected chi connectivity index (χ0v) is 14.0. The van der Waals surface area contributed by atoms with Crippen LogP contribution >= 0.6 is 11.6 Å². The third-order valence-electron chi connectivity index (χ3n) is 3.47. The highest BCUT2D eigenvalue weighted by molar-refractivity contribution is 6.35. The average Bonchev–Trinajstić information content (AvgIpc) is 2.90. The van der Waals surface area contributed by atoms with Crippen LogP contribution in [0, 0.1) is 0 Å². The molecular weight excluding hydrogens is 318 g/mol. The van der Waals surface area contributed by atoms with Crippen LogP contribution in [0.2, 0.25) is 5.02 Å². The predicted molar refractivity (Wildman–Crippen MR) is 87.1 cm³/mol. The topological polar surface area (TPSA) is 75.0 Å². The summed E-state index contributed by atoms with van der Waals surface area (Å²) >= 11 is 6.23. The number of methoxy groups -OCH3 is 2. The number of hydrogen-bond donors (Lipinski definition) is 0. The monoisotopic (exact) mass is 333 g/mol. The van der Waals surface area contributed by atoms with E-state index in [1.165, 1.54) is 14.2 Å². The Labute approximate surface area is 138 Å². The highest BCUT2D eigenvalue weighted by Crippen LogP contribution is 2.32. The van der Waals surface area contributed by atoms with Gasteiger partial charge in [-0.1, -0.05) is 11.6 Å². The molecule has 3 aromatic heterocycles. The van der Waals surface area contributed by atoms with Gasteiger partial charge in [-0.3, -0.25) is 0 Å². The van der Waals surface area contributed by atoms with E-state index >= 15 is 0 Å². The molecule has 0 amide bonds. The number of rotatable bonds is 4. The minimum atomic E-state index is 0.230. The third kappa shape index (κ3) is 2.68. The minimum absolute atomic E-state index is 0.230. The molecule has 0 saturated heterocycles. The van der Waals surface area contributed by atoms with E-state index < -0.39 is 0 Å². The molecule has 23 heavy (non-hydrogen) atoms. The van der Waals surface area contributed by atoms with E-state index in [0.29, 0.717) is 27.7 Å². The Morgan fingerprint density at radius 1 is 1.17 bits per heavy atom. The lowest BCUT2D eigenvalue weighted by Crippen LogP contribution is -2.01. The molecule has 0 aliphatic rings. The zero-order valence-electron chi connectivity index (χ0n) is 13.2. The second-order valence-electron chi connectivity index (χ2n) is 5.22. The molecule has 3 rings (SSSR count). The maximum Gasteiger partial charge on any atom is 0.319 e. The van der Waals surface area contributed by atoms with Crippen LogP contribution in [0.1, 0.15) is 19.9 Å². The summed E-state index contributed by atoms with van der Waals surface area (Å²) in [5.41, 5.74) is 2.80. The Hall–Kier alpha value is -2.41. The molecule has 3 heterocycles. The molecule has 7 nitrogen and oxygen atoms in total. The van der Waals surface area contributed by atoms with Crippen molar-refractivity contribution in [1.29, 1.82) is 0 Å². The quantitative estimate of drug-likeness (QED) is 0.730. The van der Waals surface area contributed by atoms with Crippen molar-refractivity contribution in [3.05, 3.63) is 23.5 Å². The SMILES string of the molecule is COc1ncc(-c2cc3c(nn2)c(Cl)cn3C(C)C)c(OC)n1. The fraction of sp³-hybridized carbons (Fsp3) is 0.333. The normalized spacial score (nSPS) is 11.2. The van der Waals surface area contributed by atoms with Gasteiger partial charge in [0.1, 0.15) is 11.2 Å². The van der Waals surface area contributed by atoms with Crippen molar-refractivity contribution in [1.82, 2.24) is 24.7 Å². The second-order valence-corrected chi connectivity index (χ2v) is 5.63. The second kappa shape index (κ2) is 6.00. The van der Waals surface area contributed by atoms with Crippen molar-refractivity contribution >= 4 is 22.6 Å². The first-order valence-electron chi connectivity index (χ1n) is 7.04. The molecule has 0 aliphatic heterocycles. The molecule has 0 bridgehead atoms. The zero-order chi connectivity index (χ0) is 16.6. The number of ether oxygens (including phenoxy) is 2. The van der Waals surface area contributed by atoms with Gasteiger partial charge in [-0.25, -0.2) is 4.98 Å². The van der Waals surface area contributed by atoms with Crippen LogP contribution < -0.4 is 9.47 Å². The van der Waals surface area contributed by atoms with Gasteiger partial charge in [-0.15, -0.1) is 10.2 Å². The lowest BCUT2D eigenvalue weighted by Gasteiger charge is -2.10. The van der Waals surface area contributed by atoms with Crippen molar-refractivity contribution in [2.24, 2.45) is 0 Å². The number of halogens is 1.